The first kappa shape index (κ1) is 23.9. The van der Waals surface area contributed by atoms with Crippen molar-refractivity contribution in [1.29, 1.82) is 0 Å². The zero-order chi connectivity index (χ0) is 14.9. The molecule has 0 spiro atoms. The third-order valence-corrected chi connectivity index (χ3v) is 3.08. The first-order valence-corrected chi connectivity index (χ1v) is 5.96. The van der Waals surface area contributed by atoms with E-state index in [1.54, 1.807) is 0 Å². The van der Waals surface area contributed by atoms with E-state index in [0.29, 0.717) is 0 Å². The maximum absolute atomic E-state index is 7.50. The molecule has 1 aliphatic carbocycles. The molecule has 104 valence electrons. The van der Waals surface area contributed by atoms with Crippen LogP contribution in [-0.4, -0.2) is 0 Å². The van der Waals surface area contributed by atoms with Crippen LogP contribution in [0, 0.1) is 20.0 Å². The fraction of sp³-hybridized carbons (Fsp3) is 0.133. The van der Waals surface area contributed by atoms with Crippen LogP contribution in [0.2, 0.25) is 0 Å². The minimum atomic E-state index is 0. The Kier molecular flexibility index (Phi) is 24.0. The number of thioether (sulfide) groups is 1. The Bertz CT molecular complexity index is 433. The maximum atomic E-state index is 7.50. The number of allylic oxidation sites excluding steroid dienone is 4. The van der Waals surface area contributed by atoms with Gasteiger partial charge in [0.2, 0.25) is 0 Å². The van der Waals surface area contributed by atoms with Gasteiger partial charge in [-0.15, -0.1) is 0 Å². The number of hydrogen-bond acceptors (Lipinski definition) is 1. The molecule has 0 fully saturated rings. The van der Waals surface area contributed by atoms with E-state index in [1.165, 1.54) is 22.6 Å². The number of rotatable bonds is 2. The Labute approximate surface area is 134 Å². The topological polar surface area (TPSA) is 59.7 Å². The van der Waals surface area contributed by atoms with Crippen LogP contribution in [0.15, 0.2) is 58.4 Å². The monoisotopic (exact) mass is 328 g/mol. The van der Waals surface area contributed by atoms with E-state index in [1.807, 2.05) is 11.8 Å². The Morgan fingerprint density at radius 3 is 1.90 bits per heavy atom. The van der Waals surface area contributed by atoms with Crippen LogP contribution < -0.4 is 0 Å². The molecule has 0 bridgehead atoms. The molecule has 0 amide bonds. The third-order valence-electron chi connectivity index (χ3n) is 1.97. The van der Waals surface area contributed by atoms with Gasteiger partial charge >= 0.3 is 33.9 Å². The first-order valence-electron chi connectivity index (χ1n) is 5.15. The van der Waals surface area contributed by atoms with Crippen molar-refractivity contribution in [2.45, 2.75) is 17.7 Å². The third kappa shape index (κ3) is 11.9. The summed E-state index contributed by atoms with van der Waals surface area (Å²) in [6.07, 6.45) is 8.95. The molecule has 0 N–H and O–H groups in total. The summed E-state index contributed by atoms with van der Waals surface area (Å²) >= 11 is 1.87. The summed E-state index contributed by atoms with van der Waals surface area (Å²) in [6.45, 7) is 13.5. The van der Waals surface area contributed by atoms with Crippen LogP contribution in [0.1, 0.15) is 12.8 Å². The van der Waals surface area contributed by atoms with E-state index in [4.69, 9.17) is 14.0 Å². The average molecular weight is 328 g/mol. The summed E-state index contributed by atoms with van der Waals surface area (Å²) in [4.78, 5) is 2.80. The van der Waals surface area contributed by atoms with Crippen LogP contribution in [0.3, 0.4) is 0 Å². The molecule has 0 saturated carbocycles. The zero-order valence-corrected chi connectivity index (χ0v) is 12.4. The van der Waals surface area contributed by atoms with Crippen molar-refractivity contribution < 1.29 is 31.0 Å². The fourth-order valence-electron chi connectivity index (χ4n) is 1.31. The van der Waals surface area contributed by atoms with E-state index in [2.05, 4.69) is 68.5 Å². The fourth-order valence-corrected chi connectivity index (χ4v) is 2.27. The molecule has 0 unspecified atom stereocenters. The standard InChI is InChI=1S/C12H12S.3CO.Fe/c1-3-7-11(8-4-1)13-12-9-5-2-6-10-12;3*1-2;/h1-5,7-9H,6,10H2;;;;. The van der Waals surface area contributed by atoms with Crippen LogP contribution in [0.25, 0.3) is 0 Å². The number of hydrogen-bond donors (Lipinski definition) is 0. The van der Waals surface area contributed by atoms with E-state index in [9.17, 15) is 0 Å². The second-order valence-corrected chi connectivity index (χ2v) is 4.21. The predicted molar refractivity (Wildman–Crippen MR) is 70.5 cm³/mol. The van der Waals surface area contributed by atoms with Gasteiger partial charge in [-0.2, -0.15) is 0 Å². The van der Waals surface area contributed by atoms with Gasteiger partial charge in [0.1, 0.15) is 0 Å². The van der Waals surface area contributed by atoms with Crippen molar-refractivity contribution in [3.8, 4) is 0 Å². The van der Waals surface area contributed by atoms with Gasteiger partial charge < -0.3 is 0 Å². The molecule has 1 aromatic rings. The Hall–Kier alpha value is -1.21. The zero-order valence-electron chi connectivity index (χ0n) is 10.5. The van der Waals surface area contributed by atoms with Gasteiger partial charge in [0.05, 0.1) is 0 Å². The minimum absolute atomic E-state index is 0. The van der Waals surface area contributed by atoms with Gasteiger partial charge in [-0.1, -0.05) is 48.2 Å². The summed E-state index contributed by atoms with van der Waals surface area (Å²) in [6, 6.07) is 10.5. The number of benzene rings is 1. The molecule has 20 heavy (non-hydrogen) atoms. The van der Waals surface area contributed by atoms with Crippen molar-refractivity contribution >= 4 is 11.8 Å². The van der Waals surface area contributed by atoms with Crippen molar-refractivity contribution in [2.24, 2.45) is 0 Å². The molecule has 0 saturated heterocycles. The van der Waals surface area contributed by atoms with Gasteiger partial charge in [0, 0.05) is 22.0 Å². The van der Waals surface area contributed by atoms with Crippen molar-refractivity contribution in [3.05, 3.63) is 73.4 Å². The Balaban J connectivity index is -0.000000368. The van der Waals surface area contributed by atoms with Crippen molar-refractivity contribution in [3.63, 3.8) is 0 Å². The van der Waals surface area contributed by atoms with E-state index < -0.39 is 0 Å². The molecule has 0 aliphatic heterocycles. The van der Waals surface area contributed by atoms with Gasteiger partial charge in [0.25, 0.3) is 0 Å². The second-order valence-electron chi connectivity index (χ2n) is 3.01. The van der Waals surface area contributed by atoms with Gasteiger partial charge in [-0.05, 0) is 29.9 Å². The molecule has 0 aromatic heterocycles. The predicted octanol–water partition coefficient (Wildman–Crippen LogP) is 3.90. The molecule has 0 atom stereocenters. The SMILES string of the molecule is C1=CCCC(Sc2ccccc2)=C1.[C-]#[O+].[C-]#[O+].[C-]#[O+].[Fe]. The molecule has 3 nitrogen and oxygen atoms in total. The first-order chi connectivity index (χ1) is 9.45. The van der Waals surface area contributed by atoms with Crippen LogP contribution in [0.5, 0.6) is 0 Å². The van der Waals surface area contributed by atoms with E-state index in [0.717, 1.165) is 0 Å². The average Bonchev–Trinajstić information content (AvgIpc) is 2.55. The summed E-state index contributed by atoms with van der Waals surface area (Å²) in [5.41, 5.74) is 0. The van der Waals surface area contributed by atoms with Crippen molar-refractivity contribution in [1.82, 2.24) is 0 Å². The summed E-state index contributed by atoms with van der Waals surface area (Å²) < 4.78 is 22.5. The van der Waals surface area contributed by atoms with Gasteiger partial charge in [0.15, 0.2) is 0 Å². The van der Waals surface area contributed by atoms with Gasteiger partial charge in [-0.3, -0.25) is 0 Å². The molecule has 0 radical (unpaired) electrons. The van der Waals surface area contributed by atoms with Crippen LogP contribution in [-0.2, 0) is 31.0 Å². The van der Waals surface area contributed by atoms with Crippen LogP contribution in [0.4, 0.5) is 0 Å². The Morgan fingerprint density at radius 2 is 1.45 bits per heavy atom. The quantitative estimate of drug-likeness (QED) is 0.461. The summed E-state index contributed by atoms with van der Waals surface area (Å²) in [5, 5.41) is 0. The normalized spacial score (nSPS) is 10.4. The molecule has 5 heteroatoms. The maximum Gasteiger partial charge on any atom is 0 e. The smallest absolute Gasteiger partial charge is 0 e. The molecule has 2 rings (SSSR count). The molecular formula is C15H12FeO3S. The Morgan fingerprint density at radius 1 is 0.900 bits per heavy atom. The summed E-state index contributed by atoms with van der Waals surface area (Å²) in [5.74, 6) is 0. The van der Waals surface area contributed by atoms with E-state index >= 15 is 0 Å². The molecule has 1 aliphatic rings. The minimum Gasteiger partial charge on any atom is 0 e. The molecular weight excluding hydrogens is 316 g/mol. The molecule has 1 aromatic carbocycles. The second kappa shape index (κ2) is 20.1. The van der Waals surface area contributed by atoms with Crippen molar-refractivity contribution in [2.75, 3.05) is 0 Å². The summed E-state index contributed by atoms with van der Waals surface area (Å²) in [7, 11) is 0. The van der Waals surface area contributed by atoms with Gasteiger partial charge in [-0.25, -0.2) is 0 Å². The largest absolute Gasteiger partial charge is 0 e. The van der Waals surface area contributed by atoms with Crippen LogP contribution >= 0.6 is 11.8 Å². The molecule has 0 heterocycles. The van der Waals surface area contributed by atoms with E-state index in [-0.39, 0.29) is 17.1 Å².